The summed E-state index contributed by atoms with van der Waals surface area (Å²) in [7, 11) is 0. The Morgan fingerprint density at radius 2 is 1.88 bits per heavy atom. The van der Waals surface area contributed by atoms with Gasteiger partial charge in [0.1, 0.15) is 5.69 Å². The summed E-state index contributed by atoms with van der Waals surface area (Å²) in [6.07, 6.45) is -0.408. The van der Waals surface area contributed by atoms with Crippen LogP contribution in [0.3, 0.4) is 0 Å². The molecule has 0 fully saturated rings. The summed E-state index contributed by atoms with van der Waals surface area (Å²) >= 11 is 0.813. The van der Waals surface area contributed by atoms with Gasteiger partial charge in [-0.25, -0.2) is 19.9 Å². The summed E-state index contributed by atoms with van der Waals surface area (Å²) in [4.78, 5) is 15.8. The minimum Gasteiger partial charge on any atom is -0.434 e. The second kappa shape index (κ2) is 6.34. The maximum Gasteiger partial charge on any atom is 0.434 e. The number of nitrogens with zero attached hydrogens (tertiary/aromatic N) is 4. The summed E-state index contributed by atoms with van der Waals surface area (Å²) < 4.78 is 43.8. The Kier molecular flexibility index (Phi) is 4.00. The lowest BCUT2D eigenvalue weighted by Crippen LogP contribution is -2.05. The maximum atomic E-state index is 12.7. The number of oxazole rings is 1. The van der Waals surface area contributed by atoms with Gasteiger partial charge in [-0.05, 0) is 18.2 Å². The third-order valence-corrected chi connectivity index (χ3v) is 4.20. The molecule has 1 radical (unpaired) electrons. The summed E-state index contributed by atoms with van der Waals surface area (Å²) in [5, 5.41) is 0.978. The number of aromatic nitrogens is 4. The number of hydrogen-bond donors (Lipinski definition) is 0. The van der Waals surface area contributed by atoms with E-state index in [4.69, 9.17) is 4.42 Å². The average molecular weight is 373 g/mol. The zero-order valence-electron chi connectivity index (χ0n) is 12.9. The van der Waals surface area contributed by atoms with Crippen LogP contribution in [0.2, 0.25) is 0 Å². The molecule has 0 aliphatic carbocycles. The quantitative estimate of drug-likeness (QED) is 0.519. The molecule has 0 amide bonds. The zero-order chi connectivity index (χ0) is 18.1. The molecule has 0 unspecified atom stereocenters. The molecule has 4 rings (SSSR count). The van der Waals surface area contributed by atoms with Crippen molar-refractivity contribution in [1.29, 1.82) is 0 Å². The highest BCUT2D eigenvalue weighted by atomic mass is 32.1. The van der Waals surface area contributed by atoms with E-state index >= 15 is 0 Å². The normalized spacial score (nSPS) is 11.7. The van der Waals surface area contributed by atoms with Crippen LogP contribution >= 0.6 is 11.3 Å². The largest absolute Gasteiger partial charge is 0.434 e. The Labute approximate surface area is 149 Å². The van der Waals surface area contributed by atoms with Crippen LogP contribution in [0.1, 0.15) is 5.69 Å². The molecule has 0 saturated carbocycles. The van der Waals surface area contributed by atoms with E-state index in [0.717, 1.165) is 22.3 Å². The number of halogens is 3. The van der Waals surface area contributed by atoms with Crippen molar-refractivity contribution in [3.05, 3.63) is 59.9 Å². The van der Waals surface area contributed by atoms with E-state index in [0.29, 0.717) is 17.3 Å². The zero-order valence-corrected chi connectivity index (χ0v) is 13.7. The SMILES string of the molecule is FC(F)(F)c1csc(-c2n[c]cc(-c3cnc(-c4ccccc4)o3)n2)n1. The van der Waals surface area contributed by atoms with Crippen molar-refractivity contribution in [1.82, 2.24) is 19.9 Å². The molecule has 0 saturated heterocycles. The minimum atomic E-state index is -4.51. The van der Waals surface area contributed by atoms with Gasteiger partial charge in [0.05, 0.1) is 12.4 Å². The Balaban J connectivity index is 1.66. The molecular weight excluding hydrogens is 365 g/mol. The number of alkyl halides is 3. The topological polar surface area (TPSA) is 64.7 Å². The molecule has 9 heteroatoms. The highest BCUT2D eigenvalue weighted by molar-refractivity contribution is 7.13. The monoisotopic (exact) mass is 373 g/mol. The van der Waals surface area contributed by atoms with Gasteiger partial charge in [-0.1, -0.05) is 18.2 Å². The molecular formula is C17H8F3N4OS. The van der Waals surface area contributed by atoms with Gasteiger partial charge < -0.3 is 4.42 Å². The van der Waals surface area contributed by atoms with E-state index in [-0.39, 0.29) is 10.8 Å². The van der Waals surface area contributed by atoms with Crippen LogP contribution < -0.4 is 0 Å². The molecule has 0 spiro atoms. The fraction of sp³-hybridized carbons (Fsp3) is 0.0588. The van der Waals surface area contributed by atoms with Crippen molar-refractivity contribution >= 4 is 11.3 Å². The van der Waals surface area contributed by atoms with Gasteiger partial charge in [-0.2, -0.15) is 13.2 Å². The van der Waals surface area contributed by atoms with Crippen LogP contribution in [-0.2, 0) is 6.18 Å². The van der Waals surface area contributed by atoms with E-state index in [1.165, 1.54) is 12.3 Å². The molecule has 1 aromatic carbocycles. The second-order valence-corrected chi connectivity index (χ2v) is 6.00. The van der Waals surface area contributed by atoms with Crippen LogP contribution in [0.4, 0.5) is 13.2 Å². The summed E-state index contributed by atoms with van der Waals surface area (Å²) in [5.74, 6) is 0.811. The number of rotatable bonds is 3. The van der Waals surface area contributed by atoms with Gasteiger partial charge in [-0.15, -0.1) is 11.3 Å². The maximum absolute atomic E-state index is 12.7. The Bertz CT molecular complexity index is 1040. The first-order chi connectivity index (χ1) is 12.5. The third-order valence-electron chi connectivity index (χ3n) is 3.36. The van der Waals surface area contributed by atoms with Crippen LogP contribution in [0.15, 0.2) is 52.4 Å². The smallest absolute Gasteiger partial charge is 0.434 e. The fourth-order valence-corrected chi connectivity index (χ4v) is 2.92. The van der Waals surface area contributed by atoms with E-state index in [9.17, 15) is 13.2 Å². The van der Waals surface area contributed by atoms with Gasteiger partial charge in [0.25, 0.3) is 0 Å². The lowest BCUT2D eigenvalue weighted by Gasteiger charge is -2.00. The lowest BCUT2D eigenvalue weighted by molar-refractivity contribution is -0.140. The fourth-order valence-electron chi connectivity index (χ4n) is 2.16. The van der Waals surface area contributed by atoms with Crippen molar-refractivity contribution in [2.24, 2.45) is 0 Å². The van der Waals surface area contributed by atoms with Crippen LogP contribution in [-0.4, -0.2) is 19.9 Å². The van der Waals surface area contributed by atoms with E-state index in [1.54, 1.807) is 0 Å². The summed E-state index contributed by atoms with van der Waals surface area (Å²) in [5.41, 5.74) is 0.178. The predicted octanol–water partition coefficient (Wildman–Crippen LogP) is 4.74. The molecule has 0 aliphatic rings. The molecule has 26 heavy (non-hydrogen) atoms. The first kappa shape index (κ1) is 16.4. The molecule has 4 aromatic rings. The van der Waals surface area contributed by atoms with Crippen LogP contribution in [0.5, 0.6) is 0 Å². The van der Waals surface area contributed by atoms with E-state index in [1.807, 2.05) is 30.3 Å². The van der Waals surface area contributed by atoms with Crippen molar-refractivity contribution in [2.45, 2.75) is 6.18 Å². The van der Waals surface area contributed by atoms with Crippen LogP contribution in [0.25, 0.3) is 33.7 Å². The van der Waals surface area contributed by atoms with Gasteiger partial charge >= 0.3 is 6.18 Å². The van der Waals surface area contributed by atoms with E-state index < -0.39 is 11.9 Å². The standard InChI is InChI=1S/C17H8F3N4OS/c18-17(19,20)13-9-26-16(24-13)14-21-7-6-11(23-14)12-8-22-15(25-12)10-4-2-1-3-5-10/h1-6,8-9H. The van der Waals surface area contributed by atoms with Crippen molar-refractivity contribution in [2.75, 3.05) is 0 Å². The predicted molar refractivity (Wildman–Crippen MR) is 87.9 cm³/mol. The van der Waals surface area contributed by atoms with Gasteiger partial charge in [0, 0.05) is 10.9 Å². The molecule has 0 atom stereocenters. The highest BCUT2D eigenvalue weighted by Crippen LogP contribution is 2.33. The molecule has 0 bridgehead atoms. The number of benzene rings is 1. The van der Waals surface area contributed by atoms with Gasteiger partial charge in [-0.3, -0.25) is 0 Å². The molecule has 129 valence electrons. The summed E-state index contributed by atoms with van der Waals surface area (Å²) in [6.45, 7) is 0. The van der Waals surface area contributed by atoms with Gasteiger partial charge in [0.15, 0.2) is 22.3 Å². The molecule has 0 aliphatic heterocycles. The second-order valence-electron chi connectivity index (χ2n) is 5.14. The van der Waals surface area contributed by atoms with Crippen LogP contribution in [0, 0.1) is 6.20 Å². The molecule has 5 nitrogen and oxygen atoms in total. The van der Waals surface area contributed by atoms with E-state index in [2.05, 4.69) is 26.1 Å². The Morgan fingerprint density at radius 3 is 2.62 bits per heavy atom. The van der Waals surface area contributed by atoms with Crippen molar-refractivity contribution < 1.29 is 17.6 Å². The first-order valence-electron chi connectivity index (χ1n) is 7.30. The molecule has 3 heterocycles. The molecule has 3 aromatic heterocycles. The van der Waals surface area contributed by atoms with Gasteiger partial charge in [0.2, 0.25) is 5.89 Å². The summed E-state index contributed by atoms with van der Waals surface area (Å²) in [6, 6.07) is 10.8. The first-order valence-corrected chi connectivity index (χ1v) is 8.18. The molecule has 0 N–H and O–H groups in total. The third kappa shape index (κ3) is 3.21. The van der Waals surface area contributed by atoms with Crippen molar-refractivity contribution in [3.63, 3.8) is 0 Å². The van der Waals surface area contributed by atoms with Crippen molar-refractivity contribution in [3.8, 4) is 33.7 Å². The number of thiazole rings is 1. The Morgan fingerprint density at radius 1 is 1.08 bits per heavy atom. The number of hydrogen-bond acceptors (Lipinski definition) is 6. The Hall–Kier alpha value is -3.07. The minimum absolute atomic E-state index is 0.0423. The average Bonchev–Trinajstić information content (AvgIpc) is 3.32. The lowest BCUT2D eigenvalue weighted by atomic mass is 10.2. The highest BCUT2D eigenvalue weighted by Gasteiger charge is 2.34.